The van der Waals surface area contributed by atoms with Crippen LogP contribution in [-0.4, -0.2) is 29.0 Å². The third-order valence-corrected chi connectivity index (χ3v) is 4.58. The van der Waals surface area contributed by atoms with Crippen molar-refractivity contribution in [3.05, 3.63) is 46.5 Å². The van der Waals surface area contributed by atoms with E-state index >= 15 is 0 Å². The van der Waals surface area contributed by atoms with E-state index in [1.54, 1.807) is 4.90 Å². The summed E-state index contributed by atoms with van der Waals surface area (Å²) in [7, 11) is 0. The normalized spacial score (nSPS) is 14.1. The van der Waals surface area contributed by atoms with Crippen LogP contribution in [0.25, 0.3) is 0 Å². The lowest BCUT2D eigenvalue weighted by molar-refractivity contribution is 0.0970. The highest BCUT2D eigenvalue weighted by Gasteiger charge is 2.31. The quantitative estimate of drug-likeness (QED) is 0.794. The summed E-state index contributed by atoms with van der Waals surface area (Å²) < 4.78 is 5.94. The van der Waals surface area contributed by atoms with Gasteiger partial charge in [-0.3, -0.25) is 9.78 Å². The SMILES string of the molecule is Cc1nc(C)c(C(=O)N2CCOc3c2cccc3C(C)(C)C)nc1C. The van der Waals surface area contributed by atoms with Crippen molar-refractivity contribution in [2.45, 2.75) is 47.0 Å². The molecule has 5 nitrogen and oxygen atoms in total. The summed E-state index contributed by atoms with van der Waals surface area (Å²) in [5.41, 5.74) is 4.56. The number of aromatic nitrogens is 2. The Morgan fingerprint density at radius 1 is 1.08 bits per heavy atom. The number of rotatable bonds is 1. The van der Waals surface area contributed by atoms with Gasteiger partial charge in [0.05, 0.1) is 29.3 Å². The van der Waals surface area contributed by atoms with Gasteiger partial charge in [-0.2, -0.15) is 0 Å². The summed E-state index contributed by atoms with van der Waals surface area (Å²) in [4.78, 5) is 23.9. The van der Waals surface area contributed by atoms with Gasteiger partial charge in [0, 0.05) is 5.56 Å². The van der Waals surface area contributed by atoms with E-state index in [1.807, 2.05) is 32.9 Å². The van der Waals surface area contributed by atoms with Crippen LogP contribution in [0.2, 0.25) is 0 Å². The predicted molar refractivity (Wildman–Crippen MR) is 98.6 cm³/mol. The van der Waals surface area contributed by atoms with Crippen molar-refractivity contribution >= 4 is 11.6 Å². The molecule has 25 heavy (non-hydrogen) atoms. The molecule has 1 aliphatic rings. The third kappa shape index (κ3) is 3.11. The van der Waals surface area contributed by atoms with Crippen LogP contribution in [0.15, 0.2) is 18.2 Å². The Morgan fingerprint density at radius 2 is 1.76 bits per heavy atom. The third-order valence-electron chi connectivity index (χ3n) is 4.58. The van der Waals surface area contributed by atoms with Crippen molar-refractivity contribution in [1.29, 1.82) is 0 Å². The van der Waals surface area contributed by atoms with E-state index in [0.29, 0.717) is 24.5 Å². The van der Waals surface area contributed by atoms with Crippen LogP contribution in [0.5, 0.6) is 5.75 Å². The highest BCUT2D eigenvalue weighted by Crippen LogP contribution is 2.41. The van der Waals surface area contributed by atoms with E-state index in [9.17, 15) is 4.79 Å². The average Bonchev–Trinajstić information content (AvgIpc) is 2.55. The number of amides is 1. The van der Waals surface area contributed by atoms with Gasteiger partial charge in [0.1, 0.15) is 18.1 Å². The molecule has 1 aromatic carbocycles. The summed E-state index contributed by atoms with van der Waals surface area (Å²) in [5.74, 6) is 0.674. The maximum Gasteiger partial charge on any atom is 0.278 e. The topological polar surface area (TPSA) is 55.3 Å². The number of anilines is 1. The molecule has 0 saturated carbocycles. The lowest BCUT2D eigenvalue weighted by Gasteiger charge is -2.33. The molecular formula is C20H25N3O2. The van der Waals surface area contributed by atoms with Gasteiger partial charge in [-0.25, -0.2) is 4.98 Å². The first-order chi connectivity index (χ1) is 11.7. The van der Waals surface area contributed by atoms with Gasteiger partial charge in [-0.05, 0) is 32.3 Å². The fourth-order valence-corrected chi connectivity index (χ4v) is 3.10. The molecule has 0 aliphatic carbocycles. The van der Waals surface area contributed by atoms with Crippen LogP contribution >= 0.6 is 0 Å². The Balaban J connectivity index is 2.07. The summed E-state index contributed by atoms with van der Waals surface area (Å²) in [6.07, 6.45) is 0. The van der Waals surface area contributed by atoms with Crippen molar-refractivity contribution in [3.8, 4) is 5.75 Å². The molecule has 132 valence electrons. The number of aryl methyl sites for hydroxylation is 3. The molecule has 3 rings (SSSR count). The standard InChI is InChI=1S/C20H25N3O2/c1-12-13(2)22-17(14(3)21-12)19(24)23-10-11-25-18-15(20(4,5)6)8-7-9-16(18)23/h7-9H,10-11H2,1-6H3. The van der Waals surface area contributed by atoms with Gasteiger partial charge in [0.2, 0.25) is 0 Å². The molecule has 5 heteroatoms. The predicted octanol–water partition coefficient (Wildman–Crippen LogP) is 3.74. The number of ether oxygens (including phenoxy) is 1. The highest BCUT2D eigenvalue weighted by molar-refractivity contribution is 6.06. The molecule has 1 aliphatic heterocycles. The van der Waals surface area contributed by atoms with E-state index in [0.717, 1.165) is 28.4 Å². The lowest BCUT2D eigenvalue weighted by Crippen LogP contribution is -2.39. The van der Waals surface area contributed by atoms with Crippen LogP contribution in [-0.2, 0) is 5.41 Å². The Hall–Kier alpha value is -2.43. The molecule has 0 unspecified atom stereocenters. The Morgan fingerprint density at radius 3 is 2.44 bits per heavy atom. The smallest absolute Gasteiger partial charge is 0.278 e. The molecule has 2 heterocycles. The van der Waals surface area contributed by atoms with Crippen molar-refractivity contribution in [2.24, 2.45) is 0 Å². The van der Waals surface area contributed by atoms with Crippen molar-refractivity contribution in [1.82, 2.24) is 9.97 Å². The molecule has 0 spiro atoms. The first-order valence-electron chi connectivity index (χ1n) is 8.60. The van der Waals surface area contributed by atoms with E-state index in [4.69, 9.17) is 4.74 Å². The zero-order chi connectivity index (χ0) is 18.4. The van der Waals surface area contributed by atoms with Crippen molar-refractivity contribution < 1.29 is 9.53 Å². The van der Waals surface area contributed by atoms with Crippen LogP contribution in [0.1, 0.15) is 53.9 Å². The molecule has 1 aromatic heterocycles. The maximum absolute atomic E-state index is 13.2. The number of hydrogen-bond donors (Lipinski definition) is 0. The van der Waals surface area contributed by atoms with Crippen molar-refractivity contribution in [2.75, 3.05) is 18.1 Å². The second-order valence-electron chi connectivity index (χ2n) is 7.54. The second-order valence-corrected chi connectivity index (χ2v) is 7.54. The Labute approximate surface area is 149 Å². The van der Waals surface area contributed by atoms with E-state index < -0.39 is 0 Å². The molecular weight excluding hydrogens is 314 g/mol. The number of carbonyl (C=O) groups is 1. The number of benzene rings is 1. The van der Waals surface area contributed by atoms with Gasteiger partial charge in [-0.1, -0.05) is 32.9 Å². The first-order valence-corrected chi connectivity index (χ1v) is 8.60. The number of nitrogens with zero attached hydrogens (tertiary/aromatic N) is 3. The molecule has 0 radical (unpaired) electrons. The summed E-state index contributed by atoms with van der Waals surface area (Å²) in [6, 6.07) is 5.98. The average molecular weight is 339 g/mol. The summed E-state index contributed by atoms with van der Waals surface area (Å²) in [6.45, 7) is 13.0. The molecule has 0 fully saturated rings. The van der Waals surface area contributed by atoms with Crippen LogP contribution < -0.4 is 9.64 Å². The van der Waals surface area contributed by atoms with E-state index in [-0.39, 0.29) is 11.3 Å². The van der Waals surface area contributed by atoms with Crippen LogP contribution in [0.4, 0.5) is 5.69 Å². The molecule has 0 saturated heterocycles. The number of fused-ring (bicyclic) bond motifs is 1. The summed E-state index contributed by atoms with van der Waals surface area (Å²) in [5, 5.41) is 0. The maximum atomic E-state index is 13.2. The van der Waals surface area contributed by atoms with Gasteiger partial charge >= 0.3 is 0 Å². The minimum atomic E-state index is -0.122. The number of para-hydroxylation sites is 1. The van der Waals surface area contributed by atoms with Crippen molar-refractivity contribution in [3.63, 3.8) is 0 Å². The molecule has 1 amide bonds. The minimum absolute atomic E-state index is 0.0619. The minimum Gasteiger partial charge on any atom is -0.489 e. The fraction of sp³-hybridized carbons (Fsp3) is 0.450. The molecule has 0 N–H and O–H groups in total. The Kier molecular flexibility index (Phi) is 4.27. The first kappa shape index (κ1) is 17.4. The zero-order valence-electron chi connectivity index (χ0n) is 15.8. The van der Waals surface area contributed by atoms with Gasteiger partial charge in [0.25, 0.3) is 5.91 Å². The highest BCUT2D eigenvalue weighted by atomic mass is 16.5. The Bertz CT molecular complexity index is 838. The van der Waals surface area contributed by atoms with Crippen LogP contribution in [0, 0.1) is 20.8 Å². The second kappa shape index (κ2) is 6.14. The van der Waals surface area contributed by atoms with Gasteiger partial charge in [-0.15, -0.1) is 0 Å². The van der Waals surface area contributed by atoms with Crippen LogP contribution in [0.3, 0.4) is 0 Å². The number of hydrogen-bond acceptors (Lipinski definition) is 4. The molecule has 2 aromatic rings. The van der Waals surface area contributed by atoms with E-state index in [2.05, 4.69) is 36.8 Å². The van der Waals surface area contributed by atoms with Gasteiger partial charge < -0.3 is 9.64 Å². The monoisotopic (exact) mass is 339 g/mol. The molecule has 0 atom stereocenters. The lowest BCUT2D eigenvalue weighted by atomic mass is 9.85. The van der Waals surface area contributed by atoms with Gasteiger partial charge in [0.15, 0.2) is 0 Å². The largest absolute Gasteiger partial charge is 0.489 e. The molecule has 0 bridgehead atoms. The zero-order valence-corrected chi connectivity index (χ0v) is 15.8. The summed E-state index contributed by atoms with van der Waals surface area (Å²) >= 11 is 0. The van der Waals surface area contributed by atoms with E-state index in [1.165, 1.54) is 0 Å². The fourth-order valence-electron chi connectivity index (χ4n) is 3.10. The number of carbonyl (C=O) groups excluding carboxylic acids is 1.